The summed E-state index contributed by atoms with van der Waals surface area (Å²) >= 11 is 6.06. The number of nitro benzene ring substituents is 1. The summed E-state index contributed by atoms with van der Waals surface area (Å²) in [4.78, 5) is 34.5. The summed E-state index contributed by atoms with van der Waals surface area (Å²) in [6.45, 7) is 2.04. The molecule has 0 aliphatic rings. The van der Waals surface area contributed by atoms with Crippen LogP contribution in [0.15, 0.2) is 72.8 Å². The summed E-state index contributed by atoms with van der Waals surface area (Å²) in [5.74, 6) is -0.175. The molecule has 0 radical (unpaired) electrons. The summed E-state index contributed by atoms with van der Waals surface area (Å²) in [5, 5.41) is 13.8. The number of amides is 1. The van der Waals surface area contributed by atoms with E-state index in [1.54, 1.807) is 61.5 Å². The summed E-state index contributed by atoms with van der Waals surface area (Å²) < 4.78 is 10.7. The number of para-hydroxylation sites is 2. The fourth-order valence-electron chi connectivity index (χ4n) is 2.78. The first kappa shape index (κ1) is 23.5. The van der Waals surface area contributed by atoms with E-state index < -0.39 is 16.8 Å². The van der Waals surface area contributed by atoms with Gasteiger partial charge in [-0.15, -0.1) is 0 Å². The average Bonchev–Trinajstić information content (AvgIpc) is 2.80. The van der Waals surface area contributed by atoms with E-state index in [1.165, 1.54) is 18.2 Å². The smallest absolute Gasteiger partial charge is 0.330 e. The molecule has 0 aliphatic carbocycles. The fourth-order valence-corrected chi connectivity index (χ4v) is 2.98. The van der Waals surface area contributed by atoms with Crippen LogP contribution in [0.3, 0.4) is 0 Å². The van der Waals surface area contributed by atoms with Crippen molar-refractivity contribution in [2.75, 3.05) is 11.9 Å². The molecule has 1 amide bonds. The minimum Gasteiger partial charge on any atom is -0.463 e. The van der Waals surface area contributed by atoms with Crippen LogP contribution in [0.2, 0.25) is 5.02 Å². The van der Waals surface area contributed by atoms with Crippen molar-refractivity contribution in [3.63, 3.8) is 0 Å². The maximum absolute atomic E-state index is 12.7. The van der Waals surface area contributed by atoms with Gasteiger partial charge in [-0.05, 0) is 48.9 Å². The predicted octanol–water partition coefficient (Wildman–Crippen LogP) is 5.87. The van der Waals surface area contributed by atoms with Gasteiger partial charge in [0.2, 0.25) is 0 Å². The minimum absolute atomic E-state index is 0.0293. The van der Waals surface area contributed by atoms with Crippen LogP contribution in [0.4, 0.5) is 11.4 Å². The molecule has 0 saturated carbocycles. The van der Waals surface area contributed by atoms with Gasteiger partial charge in [-0.25, -0.2) is 4.79 Å². The van der Waals surface area contributed by atoms with Gasteiger partial charge in [-0.2, -0.15) is 0 Å². The van der Waals surface area contributed by atoms with Gasteiger partial charge >= 0.3 is 5.97 Å². The highest BCUT2D eigenvalue weighted by Crippen LogP contribution is 2.31. The van der Waals surface area contributed by atoms with Crippen LogP contribution >= 0.6 is 11.6 Å². The van der Waals surface area contributed by atoms with Crippen molar-refractivity contribution in [1.29, 1.82) is 0 Å². The van der Waals surface area contributed by atoms with E-state index in [4.69, 9.17) is 21.1 Å². The SMILES string of the molecule is CCOC(=O)/C=C/c1ccc(Oc2ccccc2NC(=O)c2cc([N+](=O)[O-])ccc2Cl)cc1. The van der Waals surface area contributed by atoms with Crippen LogP contribution in [0.1, 0.15) is 22.8 Å². The summed E-state index contributed by atoms with van der Waals surface area (Å²) in [6, 6.07) is 17.3. The molecule has 0 atom stereocenters. The van der Waals surface area contributed by atoms with Gasteiger partial charge in [0.25, 0.3) is 11.6 Å². The number of carbonyl (C=O) groups is 2. The van der Waals surface area contributed by atoms with Crippen LogP contribution in [0.5, 0.6) is 11.5 Å². The van der Waals surface area contributed by atoms with Crippen molar-refractivity contribution >= 4 is 40.9 Å². The Morgan fingerprint density at radius 2 is 1.82 bits per heavy atom. The summed E-state index contributed by atoms with van der Waals surface area (Å²) in [5.41, 5.74) is 0.859. The molecule has 0 aromatic heterocycles. The fraction of sp³-hybridized carbons (Fsp3) is 0.0833. The van der Waals surface area contributed by atoms with Crippen molar-refractivity contribution in [3.05, 3.63) is 99.1 Å². The van der Waals surface area contributed by atoms with Crippen LogP contribution < -0.4 is 10.1 Å². The molecule has 33 heavy (non-hydrogen) atoms. The Morgan fingerprint density at radius 1 is 1.09 bits per heavy atom. The topological polar surface area (TPSA) is 108 Å². The number of benzene rings is 3. The molecule has 1 N–H and O–H groups in total. The lowest BCUT2D eigenvalue weighted by atomic mass is 10.1. The lowest BCUT2D eigenvalue weighted by Gasteiger charge is -2.13. The Bertz CT molecular complexity index is 1210. The standard InChI is InChI=1S/C24H19ClN2O6/c1-2-32-23(28)14-9-16-7-11-18(12-8-16)33-22-6-4-3-5-21(22)26-24(29)19-15-17(27(30)31)10-13-20(19)25/h3-15H,2H2,1H3,(H,26,29)/b14-9+. The van der Waals surface area contributed by atoms with E-state index in [2.05, 4.69) is 5.32 Å². The Balaban J connectivity index is 1.75. The highest BCUT2D eigenvalue weighted by atomic mass is 35.5. The number of hydrogen-bond acceptors (Lipinski definition) is 6. The lowest BCUT2D eigenvalue weighted by Crippen LogP contribution is -2.13. The maximum atomic E-state index is 12.7. The van der Waals surface area contributed by atoms with Crippen LogP contribution in [-0.2, 0) is 9.53 Å². The molecule has 0 spiro atoms. The van der Waals surface area contributed by atoms with Gasteiger partial charge in [-0.1, -0.05) is 35.9 Å². The molecule has 0 saturated heterocycles. The van der Waals surface area contributed by atoms with Gasteiger partial charge in [0.05, 0.1) is 27.8 Å². The number of nitrogens with zero attached hydrogens (tertiary/aromatic N) is 1. The molecule has 168 valence electrons. The molecule has 0 aliphatic heterocycles. The van der Waals surface area contributed by atoms with Crippen LogP contribution in [0, 0.1) is 10.1 Å². The number of rotatable bonds is 8. The third-order valence-electron chi connectivity index (χ3n) is 4.35. The second-order valence-electron chi connectivity index (χ2n) is 6.63. The van der Waals surface area contributed by atoms with E-state index in [-0.39, 0.29) is 16.3 Å². The van der Waals surface area contributed by atoms with E-state index in [1.807, 2.05) is 0 Å². The molecule has 0 fully saturated rings. The van der Waals surface area contributed by atoms with Gasteiger partial charge < -0.3 is 14.8 Å². The number of esters is 1. The molecule has 3 aromatic rings. The minimum atomic E-state index is -0.612. The Kier molecular flexibility index (Phi) is 7.77. The second-order valence-corrected chi connectivity index (χ2v) is 7.04. The molecular formula is C24H19ClN2O6. The van der Waals surface area contributed by atoms with Crippen molar-refractivity contribution in [3.8, 4) is 11.5 Å². The maximum Gasteiger partial charge on any atom is 0.330 e. The third kappa shape index (κ3) is 6.41. The zero-order valence-electron chi connectivity index (χ0n) is 17.5. The number of anilines is 1. The molecule has 0 bridgehead atoms. The van der Waals surface area contributed by atoms with E-state index in [0.717, 1.165) is 11.6 Å². The van der Waals surface area contributed by atoms with Gasteiger partial charge in [0.1, 0.15) is 5.75 Å². The first-order chi connectivity index (χ1) is 15.9. The highest BCUT2D eigenvalue weighted by molar-refractivity contribution is 6.34. The van der Waals surface area contributed by atoms with Crippen molar-refractivity contribution < 1.29 is 24.0 Å². The first-order valence-corrected chi connectivity index (χ1v) is 10.2. The summed E-state index contributed by atoms with van der Waals surface area (Å²) in [7, 11) is 0. The third-order valence-corrected chi connectivity index (χ3v) is 4.68. The number of hydrogen-bond donors (Lipinski definition) is 1. The molecular weight excluding hydrogens is 448 g/mol. The molecule has 0 unspecified atom stereocenters. The highest BCUT2D eigenvalue weighted by Gasteiger charge is 2.17. The van der Waals surface area contributed by atoms with E-state index >= 15 is 0 Å². The number of nitrogens with one attached hydrogen (secondary N) is 1. The predicted molar refractivity (Wildman–Crippen MR) is 125 cm³/mol. The molecule has 8 nitrogen and oxygen atoms in total. The molecule has 3 aromatic carbocycles. The van der Waals surface area contributed by atoms with Gasteiger partial charge in [0, 0.05) is 18.2 Å². The molecule has 0 heterocycles. The zero-order chi connectivity index (χ0) is 23.8. The summed E-state index contributed by atoms with van der Waals surface area (Å²) in [6.07, 6.45) is 2.96. The van der Waals surface area contributed by atoms with Crippen LogP contribution in [0.25, 0.3) is 6.08 Å². The normalized spacial score (nSPS) is 10.6. The monoisotopic (exact) mass is 466 g/mol. The molecule has 9 heteroatoms. The van der Waals surface area contributed by atoms with Crippen molar-refractivity contribution in [2.45, 2.75) is 6.92 Å². The Labute approximate surface area is 194 Å². The molecule has 3 rings (SSSR count). The largest absolute Gasteiger partial charge is 0.463 e. The number of carbonyl (C=O) groups excluding carboxylic acids is 2. The van der Waals surface area contributed by atoms with E-state index in [9.17, 15) is 19.7 Å². The van der Waals surface area contributed by atoms with Crippen molar-refractivity contribution in [1.82, 2.24) is 0 Å². The number of non-ortho nitro benzene ring substituents is 1. The average molecular weight is 467 g/mol. The second kappa shape index (κ2) is 10.9. The lowest BCUT2D eigenvalue weighted by molar-refractivity contribution is -0.384. The van der Waals surface area contributed by atoms with Gasteiger partial charge in [0.15, 0.2) is 5.75 Å². The first-order valence-electron chi connectivity index (χ1n) is 9.84. The van der Waals surface area contributed by atoms with Gasteiger partial charge in [-0.3, -0.25) is 14.9 Å². The van der Waals surface area contributed by atoms with E-state index in [0.29, 0.717) is 23.8 Å². The van der Waals surface area contributed by atoms with Crippen LogP contribution in [-0.4, -0.2) is 23.4 Å². The zero-order valence-corrected chi connectivity index (χ0v) is 18.2. The Morgan fingerprint density at radius 3 is 2.52 bits per heavy atom. The Hall–Kier alpha value is -4.17. The number of halogens is 1. The number of ether oxygens (including phenoxy) is 2. The quantitative estimate of drug-likeness (QED) is 0.192. The van der Waals surface area contributed by atoms with Crippen molar-refractivity contribution in [2.24, 2.45) is 0 Å². The number of nitro groups is 1.